The van der Waals surface area contributed by atoms with Crippen molar-refractivity contribution >= 4 is 46.2 Å². The summed E-state index contributed by atoms with van der Waals surface area (Å²) in [5, 5.41) is 14.5. The molecule has 0 amide bonds. The van der Waals surface area contributed by atoms with E-state index >= 15 is 0 Å². The highest BCUT2D eigenvalue weighted by molar-refractivity contribution is 7.98. The van der Waals surface area contributed by atoms with E-state index in [1.165, 1.54) is 16.6 Å². The van der Waals surface area contributed by atoms with Gasteiger partial charge in [-0.15, -0.1) is 28.1 Å². The van der Waals surface area contributed by atoms with E-state index in [2.05, 4.69) is 28.2 Å². The number of thioether (sulfide) groups is 1. The zero-order valence-electron chi connectivity index (χ0n) is 13.2. The Hall–Kier alpha value is -2.09. The van der Waals surface area contributed by atoms with Gasteiger partial charge in [0.05, 0.1) is 0 Å². The van der Waals surface area contributed by atoms with Gasteiger partial charge in [-0.2, -0.15) is 0 Å². The summed E-state index contributed by atoms with van der Waals surface area (Å²) in [6.45, 7) is 4.09. The van der Waals surface area contributed by atoms with Gasteiger partial charge in [0.15, 0.2) is 5.16 Å². The Balaban J connectivity index is 1.85. The molecule has 0 fully saturated rings. The first-order valence-electron chi connectivity index (χ1n) is 7.43. The van der Waals surface area contributed by atoms with Gasteiger partial charge in [-0.1, -0.05) is 35.5 Å². The Morgan fingerprint density at radius 3 is 2.76 bits per heavy atom. The molecule has 128 valence electrons. The number of thiophene rings is 1. The number of hydrogen-bond donors (Lipinski definition) is 1. The summed E-state index contributed by atoms with van der Waals surface area (Å²) in [6, 6.07) is 11.1. The van der Waals surface area contributed by atoms with Crippen LogP contribution in [0, 0.1) is 0 Å². The summed E-state index contributed by atoms with van der Waals surface area (Å²) in [6.07, 6.45) is 1.67. The fourth-order valence-corrected chi connectivity index (χ4v) is 3.92. The summed E-state index contributed by atoms with van der Waals surface area (Å²) in [7, 11) is 0. The van der Waals surface area contributed by atoms with Gasteiger partial charge >= 0.3 is 0 Å². The molecule has 0 aliphatic heterocycles. The minimum absolute atomic E-state index is 0.171. The first-order chi connectivity index (χ1) is 12.2. The number of halogens is 1. The van der Waals surface area contributed by atoms with Crippen molar-refractivity contribution in [2.45, 2.75) is 17.5 Å². The second kappa shape index (κ2) is 8.33. The van der Waals surface area contributed by atoms with Crippen molar-refractivity contribution in [3.63, 3.8) is 0 Å². The van der Waals surface area contributed by atoms with E-state index < -0.39 is 0 Å². The standard InChI is InChI=1S/C17H15ClN4OS2/c1-2-9-22-16(23)15(19-13-7-5-12(18)6-8-13)20-21-17(22)25-11-14-4-3-10-24-14/h2-8,10H,1,9,11H2,(H,19,20). The molecule has 2 aromatic heterocycles. The predicted molar refractivity (Wildman–Crippen MR) is 105 cm³/mol. The number of aromatic nitrogens is 3. The molecule has 0 unspecified atom stereocenters. The number of nitrogens with one attached hydrogen (secondary N) is 1. The van der Waals surface area contributed by atoms with E-state index in [0.29, 0.717) is 16.7 Å². The molecule has 0 atom stereocenters. The van der Waals surface area contributed by atoms with Gasteiger partial charge in [0.1, 0.15) is 0 Å². The molecule has 3 rings (SSSR count). The van der Waals surface area contributed by atoms with Gasteiger partial charge in [-0.3, -0.25) is 9.36 Å². The van der Waals surface area contributed by atoms with Crippen molar-refractivity contribution in [2.24, 2.45) is 0 Å². The van der Waals surface area contributed by atoms with Crippen molar-refractivity contribution in [1.29, 1.82) is 0 Å². The molecule has 0 aliphatic rings. The third kappa shape index (κ3) is 4.50. The molecule has 5 nitrogen and oxygen atoms in total. The molecule has 0 bridgehead atoms. The van der Waals surface area contributed by atoms with Crippen LogP contribution in [0.25, 0.3) is 0 Å². The van der Waals surface area contributed by atoms with E-state index in [9.17, 15) is 4.79 Å². The lowest BCUT2D eigenvalue weighted by Crippen LogP contribution is -2.26. The normalized spacial score (nSPS) is 10.6. The largest absolute Gasteiger partial charge is 0.334 e. The minimum Gasteiger partial charge on any atom is -0.334 e. The summed E-state index contributed by atoms with van der Waals surface area (Å²) >= 11 is 9.03. The first-order valence-corrected chi connectivity index (χ1v) is 9.68. The minimum atomic E-state index is -0.237. The van der Waals surface area contributed by atoms with Crippen LogP contribution in [-0.4, -0.2) is 14.8 Å². The number of anilines is 2. The Morgan fingerprint density at radius 1 is 1.28 bits per heavy atom. The number of benzene rings is 1. The highest BCUT2D eigenvalue weighted by atomic mass is 35.5. The number of rotatable bonds is 7. The third-order valence-corrected chi connectivity index (χ3v) is 5.58. The Labute approximate surface area is 158 Å². The number of allylic oxidation sites excluding steroid dienone is 1. The average molecular weight is 391 g/mol. The molecule has 8 heteroatoms. The van der Waals surface area contributed by atoms with E-state index in [-0.39, 0.29) is 11.4 Å². The van der Waals surface area contributed by atoms with Crippen LogP contribution in [-0.2, 0) is 12.3 Å². The first kappa shape index (κ1) is 17.7. The molecule has 0 saturated carbocycles. The molecule has 0 saturated heterocycles. The topological polar surface area (TPSA) is 59.8 Å². The fourth-order valence-electron chi connectivity index (χ4n) is 2.08. The fraction of sp³-hybridized carbons (Fsp3) is 0.118. The van der Waals surface area contributed by atoms with Crippen LogP contribution < -0.4 is 10.9 Å². The van der Waals surface area contributed by atoms with Crippen molar-refractivity contribution in [3.8, 4) is 0 Å². The molecule has 0 spiro atoms. The molecule has 2 heterocycles. The lowest BCUT2D eigenvalue weighted by molar-refractivity contribution is 0.626. The highest BCUT2D eigenvalue weighted by Gasteiger charge is 2.12. The van der Waals surface area contributed by atoms with Crippen LogP contribution >= 0.6 is 34.7 Å². The van der Waals surface area contributed by atoms with Gasteiger partial charge in [-0.25, -0.2) is 0 Å². The molecule has 25 heavy (non-hydrogen) atoms. The van der Waals surface area contributed by atoms with Gasteiger partial charge in [0.25, 0.3) is 5.56 Å². The monoisotopic (exact) mass is 390 g/mol. The Morgan fingerprint density at radius 2 is 2.08 bits per heavy atom. The zero-order valence-corrected chi connectivity index (χ0v) is 15.6. The van der Waals surface area contributed by atoms with E-state index in [1.54, 1.807) is 46.2 Å². The van der Waals surface area contributed by atoms with E-state index in [4.69, 9.17) is 11.6 Å². The van der Waals surface area contributed by atoms with Crippen molar-refractivity contribution in [2.75, 3.05) is 5.32 Å². The quantitative estimate of drug-likeness (QED) is 0.472. The summed E-state index contributed by atoms with van der Waals surface area (Å²) in [5.41, 5.74) is 0.485. The van der Waals surface area contributed by atoms with Crippen molar-refractivity contribution in [1.82, 2.24) is 14.8 Å². The maximum Gasteiger partial charge on any atom is 0.297 e. The Kier molecular flexibility index (Phi) is 5.91. The zero-order chi connectivity index (χ0) is 17.6. The molecule has 3 aromatic rings. The molecule has 0 radical (unpaired) electrons. The summed E-state index contributed by atoms with van der Waals surface area (Å²) < 4.78 is 1.57. The second-order valence-corrected chi connectivity index (χ2v) is 7.45. The van der Waals surface area contributed by atoms with Crippen LogP contribution in [0.1, 0.15) is 4.88 Å². The van der Waals surface area contributed by atoms with Gasteiger partial charge in [0.2, 0.25) is 5.82 Å². The number of nitrogens with zero attached hydrogens (tertiary/aromatic N) is 3. The Bertz CT molecular complexity index is 907. The molecule has 1 N–H and O–H groups in total. The lowest BCUT2D eigenvalue weighted by atomic mass is 10.3. The van der Waals surface area contributed by atoms with Crippen molar-refractivity contribution in [3.05, 3.63) is 74.7 Å². The summed E-state index contributed by atoms with van der Waals surface area (Å²) in [5.74, 6) is 0.914. The van der Waals surface area contributed by atoms with Gasteiger partial charge in [0, 0.05) is 27.9 Å². The van der Waals surface area contributed by atoms with Crippen LogP contribution in [0.2, 0.25) is 5.02 Å². The maximum atomic E-state index is 12.7. The lowest BCUT2D eigenvalue weighted by Gasteiger charge is -2.11. The SMILES string of the molecule is C=CCn1c(SCc2cccs2)nnc(Nc2ccc(Cl)cc2)c1=O. The third-order valence-electron chi connectivity index (χ3n) is 3.26. The second-order valence-electron chi connectivity index (χ2n) is 5.04. The van der Waals surface area contributed by atoms with Crippen LogP contribution in [0.3, 0.4) is 0 Å². The highest BCUT2D eigenvalue weighted by Crippen LogP contribution is 2.23. The van der Waals surface area contributed by atoms with Gasteiger partial charge < -0.3 is 5.32 Å². The van der Waals surface area contributed by atoms with Crippen LogP contribution in [0.4, 0.5) is 11.5 Å². The maximum absolute atomic E-state index is 12.7. The smallest absolute Gasteiger partial charge is 0.297 e. The van der Waals surface area contributed by atoms with Gasteiger partial charge in [-0.05, 0) is 35.7 Å². The van der Waals surface area contributed by atoms with E-state index in [1.807, 2.05) is 11.4 Å². The predicted octanol–water partition coefficient (Wildman–Crippen LogP) is 4.58. The average Bonchev–Trinajstić information content (AvgIpc) is 3.13. The van der Waals surface area contributed by atoms with Crippen molar-refractivity contribution < 1.29 is 0 Å². The molecular formula is C17H15ClN4OS2. The van der Waals surface area contributed by atoms with E-state index in [0.717, 1.165) is 11.4 Å². The van der Waals surface area contributed by atoms with Crippen LogP contribution in [0.5, 0.6) is 0 Å². The summed E-state index contributed by atoms with van der Waals surface area (Å²) in [4.78, 5) is 13.9. The number of hydrogen-bond acceptors (Lipinski definition) is 6. The molecular weight excluding hydrogens is 376 g/mol. The van der Waals surface area contributed by atoms with Crippen LogP contribution in [0.15, 0.2) is 64.4 Å². The molecule has 1 aromatic carbocycles. The molecule has 0 aliphatic carbocycles.